The summed E-state index contributed by atoms with van der Waals surface area (Å²) in [5, 5.41) is 3.46. The number of benzene rings is 2. The average Bonchev–Trinajstić information content (AvgIpc) is 3.25. The second-order valence-electron chi connectivity index (χ2n) is 8.77. The number of rotatable bonds is 6. The van der Waals surface area contributed by atoms with Gasteiger partial charge < -0.3 is 19.7 Å². The van der Waals surface area contributed by atoms with Crippen LogP contribution in [0.15, 0.2) is 48.5 Å². The fraction of sp³-hybridized carbons (Fsp3) is 0.423. The van der Waals surface area contributed by atoms with E-state index in [2.05, 4.69) is 5.32 Å². The van der Waals surface area contributed by atoms with Crippen molar-refractivity contribution >= 4 is 29.3 Å². The van der Waals surface area contributed by atoms with Crippen LogP contribution in [0, 0.1) is 0 Å². The summed E-state index contributed by atoms with van der Waals surface area (Å²) in [4.78, 5) is 43.0. The molecular weight excluding hydrogens is 470 g/mol. The maximum Gasteiger partial charge on any atom is 0.256 e. The van der Waals surface area contributed by atoms with Crippen molar-refractivity contribution in [3.63, 3.8) is 0 Å². The van der Waals surface area contributed by atoms with Crippen LogP contribution in [-0.2, 0) is 9.53 Å². The highest BCUT2D eigenvalue weighted by Gasteiger charge is 2.54. The van der Waals surface area contributed by atoms with Crippen molar-refractivity contribution in [2.75, 3.05) is 33.4 Å². The third kappa shape index (κ3) is 5.13. The lowest BCUT2D eigenvalue weighted by Gasteiger charge is -2.44. The minimum Gasteiger partial charge on any atom is -0.497 e. The van der Waals surface area contributed by atoms with E-state index in [4.69, 9.17) is 21.1 Å². The lowest BCUT2D eigenvalue weighted by Crippen LogP contribution is -2.59. The number of hydrogen-bond acceptors (Lipinski definition) is 5. The molecule has 1 spiro atoms. The molecule has 4 rings (SSSR count). The quantitative estimate of drug-likeness (QED) is 0.658. The molecule has 3 amide bonds. The Bertz CT molecular complexity index is 1070. The minimum atomic E-state index is -0.956. The number of ether oxygens (including phenoxy) is 2. The molecule has 8 nitrogen and oxygen atoms in total. The standard InChI is InChI=1S/C26H30ClN3O5/c1-3-14-28-23(31)22-17-35-26(30(22)25(33)19-6-10-21(34-2)11-7-19)12-15-29(16-13-26)24(32)18-4-8-20(27)9-5-18/h4-11,22H,3,12-17H2,1-2H3,(H,28,31). The molecule has 186 valence electrons. The van der Waals surface area contributed by atoms with E-state index in [1.807, 2.05) is 6.92 Å². The van der Waals surface area contributed by atoms with Gasteiger partial charge in [0.1, 0.15) is 17.5 Å². The normalized spacial score (nSPS) is 19.0. The summed E-state index contributed by atoms with van der Waals surface area (Å²) < 4.78 is 11.4. The lowest BCUT2D eigenvalue weighted by molar-refractivity contribution is -0.128. The van der Waals surface area contributed by atoms with E-state index >= 15 is 0 Å². The number of amides is 3. The first-order valence-corrected chi connectivity index (χ1v) is 12.2. The molecule has 9 heteroatoms. The summed E-state index contributed by atoms with van der Waals surface area (Å²) in [6.07, 6.45) is 1.61. The molecule has 1 unspecified atom stereocenters. The summed E-state index contributed by atoms with van der Waals surface area (Å²) in [6, 6.07) is 12.9. The van der Waals surface area contributed by atoms with Gasteiger partial charge in [0.15, 0.2) is 0 Å². The zero-order chi connectivity index (χ0) is 25.0. The molecule has 2 aliphatic rings. The van der Waals surface area contributed by atoms with Gasteiger partial charge in [-0.2, -0.15) is 0 Å². The number of carbonyl (C=O) groups excluding carboxylic acids is 3. The number of likely N-dealkylation sites (tertiary alicyclic amines) is 1. The largest absolute Gasteiger partial charge is 0.497 e. The molecule has 0 bridgehead atoms. The van der Waals surface area contributed by atoms with Gasteiger partial charge in [0.05, 0.1) is 13.7 Å². The van der Waals surface area contributed by atoms with E-state index in [-0.39, 0.29) is 24.3 Å². The van der Waals surface area contributed by atoms with Crippen LogP contribution in [0.3, 0.4) is 0 Å². The van der Waals surface area contributed by atoms with Crippen molar-refractivity contribution < 1.29 is 23.9 Å². The number of halogens is 1. The molecule has 2 fully saturated rings. The third-order valence-electron chi connectivity index (χ3n) is 6.59. The number of carbonyl (C=O) groups is 3. The molecule has 1 N–H and O–H groups in total. The van der Waals surface area contributed by atoms with Crippen LogP contribution in [0.25, 0.3) is 0 Å². The molecule has 0 saturated carbocycles. The van der Waals surface area contributed by atoms with Crippen LogP contribution in [0.5, 0.6) is 5.75 Å². The van der Waals surface area contributed by atoms with E-state index in [0.29, 0.717) is 54.4 Å². The first kappa shape index (κ1) is 25.0. The van der Waals surface area contributed by atoms with Gasteiger partial charge >= 0.3 is 0 Å². The molecule has 2 heterocycles. The third-order valence-corrected chi connectivity index (χ3v) is 6.84. The molecule has 0 aromatic heterocycles. The van der Waals surface area contributed by atoms with Gasteiger partial charge in [-0.25, -0.2) is 0 Å². The van der Waals surface area contributed by atoms with Crippen molar-refractivity contribution in [1.29, 1.82) is 0 Å². The van der Waals surface area contributed by atoms with Crippen molar-refractivity contribution in [2.24, 2.45) is 0 Å². The zero-order valence-corrected chi connectivity index (χ0v) is 20.7. The lowest BCUT2D eigenvalue weighted by atomic mass is 9.96. The van der Waals surface area contributed by atoms with Gasteiger partial charge in [0.2, 0.25) is 5.91 Å². The van der Waals surface area contributed by atoms with E-state index in [0.717, 1.165) is 6.42 Å². The molecule has 2 saturated heterocycles. The maximum absolute atomic E-state index is 13.7. The van der Waals surface area contributed by atoms with Crippen LogP contribution in [0.2, 0.25) is 5.02 Å². The molecular formula is C26H30ClN3O5. The van der Waals surface area contributed by atoms with Crippen LogP contribution >= 0.6 is 11.6 Å². The summed E-state index contributed by atoms with van der Waals surface area (Å²) in [5.41, 5.74) is 0.0477. The maximum atomic E-state index is 13.7. The van der Waals surface area contributed by atoms with Crippen molar-refractivity contribution in [3.8, 4) is 5.75 Å². The molecule has 2 aromatic carbocycles. The number of hydrogen-bond donors (Lipinski definition) is 1. The molecule has 0 aliphatic carbocycles. The molecule has 35 heavy (non-hydrogen) atoms. The van der Waals surface area contributed by atoms with Gasteiger partial charge in [-0.15, -0.1) is 0 Å². The number of nitrogens with zero attached hydrogens (tertiary/aromatic N) is 2. The molecule has 0 radical (unpaired) electrons. The fourth-order valence-electron chi connectivity index (χ4n) is 4.64. The summed E-state index contributed by atoms with van der Waals surface area (Å²) in [6.45, 7) is 3.41. The van der Waals surface area contributed by atoms with E-state index in [9.17, 15) is 14.4 Å². The van der Waals surface area contributed by atoms with Crippen LogP contribution in [0.4, 0.5) is 0 Å². The molecule has 2 aromatic rings. The van der Waals surface area contributed by atoms with Gasteiger partial charge in [-0.3, -0.25) is 19.3 Å². The first-order chi connectivity index (χ1) is 16.9. The number of methoxy groups -OCH3 is 1. The second-order valence-corrected chi connectivity index (χ2v) is 9.20. The highest BCUT2D eigenvalue weighted by molar-refractivity contribution is 6.30. The SMILES string of the molecule is CCCNC(=O)C1COC2(CCN(C(=O)c3ccc(Cl)cc3)CC2)N1C(=O)c1ccc(OC)cc1. The molecule has 2 aliphatic heterocycles. The zero-order valence-electron chi connectivity index (χ0n) is 20.0. The highest BCUT2D eigenvalue weighted by atomic mass is 35.5. The van der Waals surface area contributed by atoms with Gasteiger partial charge in [0.25, 0.3) is 11.8 Å². The van der Waals surface area contributed by atoms with Crippen molar-refractivity contribution in [1.82, 2.24) is 15.1 Å². The van der Waals surface area contributed by atoms with Crippen LogP contribution in [-0.4, -0.2) is 72.6 Å². The summed E-state index contributed by atoms with van der Waals surface area (Å²) in [5.74, 6) is 0.0320. The molecule has 1 atom stereocenters. The fourth-order valence-corrected chi connectivity index (χ4v) is 4.77. The highest BCUT2D eigenvalue weighted by Crippen LogP contribution is 2.39. The number of piperidine rings is 1. The predicted molar refractivity (Wildman–Crippen MR) is 132 cm³/mol. The van der Waals surface area contributed by atoms with E-state index in [1.54, 1.807) is 65.4 Å². The Balaban J connectivity index is 1.56. The van der Waals surface area contributed by atoms with Crippen molar-refractivity contribution in [3.05, 3.63) is 64.7 Å². The topological polar surface area (TPSA) is 88.2 Å². The Labute approximate surface area is 210 Å². The summed E-state index contributed by atoms with van der Waals surface area (Å²) >= 11 is 5.95. The van der Waals surface area contributed by atoms with E-state index in [1.165, 1.54) is 0 Å². The Morgan fingerprint density at radius 3 is 2.23 bits per heavy atom. The first-order valence-electron chi connectivity index (χ1n) is 11.8. The Morgan fingerprint density at radius 1 is 1.03 bits per heavy atom. The number of nitrogens with one attached hydrogen (secondary N) is 1. The minimum absolute atomic E-state index is 0.0974. The van der Waals surface area contributed by atoms with Gasteiger partial charge in [0, 0.05) is 48.6 Å². The Hall–Kier alpha value is -3.10. The predicted octanol–water partition coefficient (Wildman–Crippen LogP) is 3.35. The average molecular weight is 500 g/mol. The second kappa shape index (κ2) is 10.7. The Kier molecular flexibility index (Phi) is 7.62. The van der Waals surface area contributed by atoms with Crippen LogP contribution < -0.4 is 10.1 Å². The monoisotopic (exact) mass is 499 g/mol. The summed E-state index contributed by atoms with van der Waals surface area (Å²) in [7, 11) is 1.56. The van der Waals surface area contributed by atoms with Gasteiger partial charge in [-0.1, -0.05) is 18.5 Å². The smallest absolute Gasteiger partial charge is 0.256 e. The van der Waals surface area contributed by atoms with E-state index < -0.39 is 11.8 Å². The van der Waals surface area contributed by atoms with Crippen molar-refractivity contribution in [2.45, 2.75) is 38.0 Å². The van der Waals surface area contributed by atoms with Gasteiger partial charge in [-0.05, 0) is 55.0 Å². The van der Waals surface area contributed by atoms with Crippen LogP contribution in [0.1, 0.15) is 46.9 Å². The Morgan fingerprint density at radius 2 is 1.63 bits per heavy atom.